The molecular formula is C17H23FN2S. The highest BCUT2D eigenvalue weighted by Gasteiger charge is 2.12. The van der Waals surface area contributed by atoms with Crippen LogP contribution in [0.5, 0.6) is 0 Å². The zero-order valence-corrected chi connectivity index (χ0v) is 13.7. The first-order chi connectivity index (χ1) is 10.1. The first kappa shape index (κ1) is 16.0. The molecule has 0 saturated carbocycles. The molecule has 0 aliphatic rings. The molecule has 0 fully saturated rings. The molecule has 114 valence electrons. The number of rotatable bonds is 7. The summed E-state index contributed by atoms with van der Waals surface area (Å²) in [6.07, 6.45) is 0. The maximum absolute atomic E-state index is 14.1. The smallest absolute Gasteiger partial charge is 0.129 e. The largest absolute Gasteiger partial charge is 0.370 e. The van der Waals surface area contributed by atoms with Crippen molar-refractivity contribution in [2.75, 3.05) is 18.5 Å². The fraction of sp³-hybridized carbons (Fsp3) is 0.412. The number of hydrogen-bond donors (Lipinski definition) is 1. The predicted molar refractivity (Wildman–Crippen MR) is 89.4 cm³/mol. The van der Waals surface area contributed by atoms with Gasteiger partial charge < -0.3 is 10.2 Å². The Morgan fingerprint density at radius 2 is 2.10 bits per heavy atom. The standard InChI is InChI=1S/C17H23FN2S/c1-13(2)9-19-10-15-16(18)5-4-6-17(15)20(3)11-14-7-8-21-12-14/h4-8,12-13,19H,9-11H2,1-3H3. The van der Waals surface area contributed by atoms with Crippen LogP contribution in [0, 0.1) is 11.7 Å². The molecule has 2 rings (SSSR count). The van der Waals surface area contributed by atoms with Crippen LogP contribution in [0.3, 0.4) is 0 Å². The Bertz CT molecular complexity index is 552. The Kier molecular flexibility index (Phi) is 5.76. The number of nitrogens with zero attached hydrogens (tertiary/aromatic N) is 1. The van der Waals surface area contributed by atoms with E-state index < -0.39 is 0 Å². The molecule has 21 heavy (non-hydrogen) atoms. The van der Waals surface area contributed by atoms with E-state index in [1.165, 1.54) is 11.6 Å². The van der Waals surface area contributed by atoms with Gasteiger partial charge in [0.25, 0.3) is 0 Å². The van der Waals surface area contributed by atoms with Crippen LogP contribution in [0.4, 0.5) is 10.1 Å². The van der Waals surface area contributed by atoms with Crippen LogP contribution in [-0.4, -0.2) is 13.6 Å². The molecule has 0 radical (unpaired) electrons. The molecule has 0 amide bonds. The van der Waals surface area contributed by atoms with Gasteiger partial charge >= 0.3 is 0 Å². The third kappa shape index (κ3) is 4.55. The fourth-order valence-electron chi connectivity index (χ4n) is 2.31. The topological polar surface area (TPSA) is 15.3 Å². The van der Waals surface area contributed by atoms with Crippen LogP contribution >= 0.6 is 11.3 Å². The van der Waals surface area contributed by atoms with Gasteiger partial charge in [-0.3, -0.25) is 0 Å². The van der Waals surface area contributed by atoms with E-state index in [0.717, 1.165) is 24.3 Å². The Hall–Kier alpha value is -1.39. The highest BCUT2D eigenvalue weighted by molar-refractivity contribution is 7.07. The Balaban J connectivity index is 2.12. The summed E-state index contributed by atoms with van der Waals surface area (Å²) in [4.78, 5) is 2.11. The van der Waals surface area contributed by atoms with Gasteiger partial charge in [0.05, 0.1) is 0 Å². The number of benzene rings is 1. The van der Waals surface area contributed by atoms with Crippen molar-refractivity contribution in [2.45, 2.75) is 26.9 Å². The molecule has 2 nitrogen and oxygen atoms in total. The lowest BCUT2D eigenvalue weighted by molar-refractivity contribution is 0.534. The lowest BCUT2D eigenvalue weighted by Crippen LogP contribution is -2.23. The lowest BCUT2D eigenvalue weighted by atomic mass is 10.1. The molecule has 0 aliphatic carbocycles. The monoisotopic (exact) mass is 306 g/mol. The van der Waals surface area contributed by atoms with Gasteiger partial charge in [0.15, 0.2) is 0 Å². The third-order valence-electron chi connectivity index (χ3n) is 3.36. The van der Waals surface area contributed by atoms with Gasteiger partial charge in [-0.25, -0.2) is 4.39 Å². The summed E-state index contributed by atoms with van der Waals surface area (Å²) in [6.45, 7) is 6.55. The second-order valence-corrected chi connectivity index (χ2v) is 6.53. The molecule has 0 atom stereocenters. The molecular weight excluding hydrogens is 283 g/mol. The van der Waals surface area contributed by atoms with E-state index in [-0.39, 0.29) is 5.82 Å². The third-order valence-corrected chi connectivity index (χ3v) is 4.09. The molecule has 0 bridgehead atoms. The van der Waals surface area contributed by atoms with Crippen LogP contribution < -0.4 is 10.2 Å². The van der Waals surface area contributed by atoms with Crippen LogP contribution in [-0.2, 0) is 13.1 Å². The van der Waals surface area contributed by atoms with E-state index in [1.54, 1.807) is 17.4 Å². The maximum Gasteiger partial charge on any atom is 0.129 e. The number of anilines is 1. The normalized spacial score (nSPS) is 11.1. The van der Waals surface area contributed by atoms with Crippen molar-refractivity contribution in [1.82, 2.24) is 5.32 Å². The summed E-state index contributed by atoms with van der Waals surface area (Å²) >= 11 is 1.69. The van der Waals surface area contributed by atoms with E-state index >= 15 is 0 Å². The van der Waals surface area contributed by atoms with E-state index in [1.807, 2.05) is 13.1 Å². The zero-order chi connectivity index (χ0) is 15.2. The summed E-state index contributed by atoms with van der Waals surface area (Å²) in [6, 6.07) is 7.41. The molecule has 1 heterocycles. The average molecular weight is 306 g/mol. The van der Waals surface area contributed by atoms with Gasteiger partial charge in [-0.2, -0.15) is 11.3 Å². The van der Waals surface area contributed by atoms with Crippen molar-refractivity contribution in [3.8, 4) is 0 Å². The Morgan fingerprint density at radius 3 is 2.76 bits per heavy atom. The van der Waals surface area contributed by atoms with Crippen LogP contribution in [0.15, 0.2) is 35.0 Å². The second-order valence-electron chi connectivity index (χ2n) is 5.75. The fourth-order valence-corrected chi connectivity index (χ4v) is 2.97. The van der Waals surface area contributed by atoms with Gasteiger partial charge in [-0.05, 0) is 47.0 Å². The molecule has 0 spiro atoms. The van der Waals surface area contributed by atoms with Crippen LogP contribution in [0.1, 0.15) is 25.0 Å². The summed E-state index contributed by atoms with van der Waals surface area (Å²) in [7, 11) is 2.01. The lowest BCUT2D eigenvalue weighted by Gasteiger charge is -2.23. The predicted octanol–water partition coefficient (Wildman–Crippen LogP) is 4.27. The van der Waals surface area contributed by atoms with Crippen molar-refractivity contribution in [1.29, 1.82) is 0 Å². The van der Waals surface area contributed by atoms with Crippen molar-refractivity contribution < 1.29 is 4.39 Å². The summed E-state index contributed by atoms with van der Waals surface area (Å²) in [5.74, 6) is 0.421. The maximum atomic E-state index is 14.1. The molecule has 0 unspecified atom stereocenters. The number of nitrogens with one attached hydrogen (secondary N) is 1. The van der Waals surface area contributed by atoms with Gasteiger partial charge in [0, 0.05) is 31.4 Å². The van der Waals surface area contributed by atoms with E-state index in [0.29, 0.717) is 12.5 Å². The van der Waals surface area contributed by atoms with Crippen molar-refractivity contribution in [3.05, 3.63) is 52.0 Å². The van der Waals surface area contributed by atoms with Crippen molar-refractivity contribution in [3.63, 3.8) is 0 Å². The van der Waals surface area contributed by atoms with Gasteiger partial charge in [0.2, 0.25) is 0 Å². The highest BCUT2D eigenvalue weighted by Crippen LogP contribution is 2.24. The van der Waals surface area contributed by atoms with Crippen LogP contribution in [0.2, 0.25) is 0 Å². The molecule has 1 aromatic carbocycles. The average Bonchev–Trinajstić information content (AvgIpc) is 2.93. The Morgan fingerprint density at radius 1 is 1.29 bits per heavy atom. The summed E-state index contributed by atoms with van der Waals surface area (Å²) in [5, 5.41) is 7.53. The zero-order valence-electron chi connectivity index (χ0n) is 12.9. The quantitative estimate of drug-likeness (QED) is 0.822. The van der Waals surface area contributed by atoms with Gasteiger partial charge in [-0.1, -0.05) is 19.9 Å². The second kappa shape index (κ2) is 7.57. The van der Waals surface area contributed by atoms with Crippen LogP contribution in [0.25, 0.3) is 0 Å². The minimum Gasteiger partial charge on any atom is -0.370 e. The molecule has 1 aromatic heterocycles. The van der Waals surface area contributed by atoms with E-state index in [9.17, 15) is 4.39 Å². The number of thiophene rings is 1. The van der Waals surface area contributed by atoms with Gasteiger partial charge in [0.1, 0.15) is 5.82 Å². The minimum atomic E-state index is -0.138. The van der Waals surface area contributed by atoms with Crippen molar-refractivity contribution in [2.24, 2.45) is 5.92 Å². The first-order valence-corrected chi connectivity index (χ1v) is 8.22. The SMILES string of the molecule is CC(C)CNCc1c(F)cccc1N(C)Cc1ccsc1. The van der Waals surface area contributed by atoms with Crippen molar-refractivity contribution >= 4 is 17.0 Å². The molecule has 1 N–H and O–H groups in total. The molecule has 4 heteroatoms. The molecule has 2 aromatic rings. The number of halogens is 1. The van der Waals surface area contributed by atoms with E-state index in [2.05, 4.69) is 40.9 Å². The van der Waals surface area contributed by atoms with Gasteiger partial charge in [-0.15, -0.1) is 0 Å². The Labute approximate surface area is 130 Å². The summed E-state index contributed by atoms with van der Waals surface area (Å²) in [5.41, 5.74) is 2.96. The first-order valence-electron chi connectivity index (χ1n) is 7.28. The molecule has 0 aliphatic heterocycles. The summed E-state index contributed by atoms with van der Waals surface area (Å²) < 4.78 is 14.1. The highest BCUT2D eigenvalue weighted by atomic mass is 32.1. The number of hydrogen-bond acceptors (Lipinski definition) is 3. The van der Waals surface area contributed by atoms with E-state index in [4.69, 9.17) is 0 Å². The molecule has 0 saturated heterocycles. The minimum absolute atomic E-state index is 0.138.